The van der Waals surface area contributed by atoms with Crippen LogP contribution in [0.15, 0.2) is 85.4 Å². The van der Waals surface area contributed by atoms with Crippen molar-refractivity contribution in [1.82, 2.24) is 15.0 Å². The van der Waals surface area contributed by atoms with Crippen LogP contribution in [0.2, 0.25) is 0 Å². The number of aryl methyl sites for hydroxylation is 1. The van der Waals surface area contributed by atoms with Crippen LogP contribution in [-0.2, 0) is 22.7 Å². The zero-order valence-electron chi connectivity index (χ0n) is 23.7. The van der Waals surface area contributed by atoms with Gasteiger partial charge in [0, 0.05) is 12.6 Å². The maximum atomic E-state index is 13.2. The van der Waals surface area contributed by atoms with E-state index in [1.54, 1.807) is 19.1 Å². The molecule has 6 rings (SSSR count). The molecule has 5 aromatic rings. The van der Waals surface area contributed by atoms with Gasteiger partial charge in [0.25, 0.3) is 6.01 Å². The SMILES string of the molecule is CCOc1nc2cccc(C(=O)OCc3oc(=O)oc3C)c2n1Cc1ccc(-c2ccccc2C2=N[CH-]ON2)cc1.[K+].[OH-]. The van der Waals surface area contributed by atoms with Gasteiger partial charge < -0.3 is 39.1 Å². The Labute approximate surface area is 288 Å². The third-order valence-corrected chi connectivity index (χ3v) is 6.57. The number of imidazole rings is 1. The number of amidine groups is 1. The molecule has 0 radical (unpaired) electrons. The molecule has 2 aromatic heterocycles. The number of hydrogen-bond donors (Lipinski definition) is 1. The number of benzene rings is 3. The van der Waals surface area contributed by atoms with Crippen LogP contribution >= 0.6 is 0 Å². The molecule has 0 spiro atoms. The van der Waals surface area contributed by atoms with Crippen molar-refractivity contribution in [2.45, 2.75) is 27.0 Å². The molecule has 0 atom stereocenters. The molecule has 2 N–H and O–H groups in total. The Morgan fingerprint density at radius 3 is 2.47 bits per heavy atom. The summed E-state index contributed by atoms with van der Waals surface area (Å²) in [6.45, 7) is 5.35. The monoisotopic (exact) mass is 609 g/mol. The summed E-state index contributed by atoms with van der Waals surface area (Å²) in [6, 6.07) is 21.6. The second-order valence-corrected chi connectivity index (χ2v) is 9.14. The molecule has 0 saturated carbocycles. The van der Waals surface area contributed by atoms with E-state index < -0.39 is 11.8 Å². The number of nitrogens with one attached hydrogen (secondary N) is 1. The molecule has 216 valence electrons. The zero-order chi connectivity index (χ0) is 28.3. The number of hydrogen-bond acceptors (Lipinski definition) is 11. The average Bonchev–Trinajstić information content (AvgIpc) is 3.72. The second-order valence-electron chi connectivity index (χ2n) is 9.14. The first kappa shape index (κ1) is 32.2. The Morgan fingerprint density at radius 2 is 1.79 bits per heavy atom. The fourth-order valence-electron chi connectivity index (χ4n) is 4.66. The van der Waals surface area contributed by atoms with Crippen LogP contribution in [0, 0.1) is 13.7 Å². The Kier molecular flexibility index (Phi) is 10.6. The van der Waals surface area contributed by atoms with E-state index in [4.69, 9.17) is 23.1 Å². The van der Waals surface area contributed by atoms with Crippen molar-refractivity contribution in [3.05, 3.63) is 112 Å². The van der Waals surface area contributed by atoms with Crippen LogP contribution in [0.1, 0.15) is 39.9 Å². The van der Waals surface area contributed by atoms with Gasteiger partial charge in [-0.15, -0.1) is 0 Å². The Morgan fingerprint density at radius 1 is 1.02 bits per heavy atom. The summed E-state index contributed by atoms with van der Waals surface area (Å²) in [5.74, 6) is -0.391. The summed E-state index contributed by atoms with van der Waals surface area (Å²) in [4.78, 5) is 38.5. The molecule has 43 heavy (non-hydrogen) atoms. The predicted octanol–water partition coefficient (Wildman–Crippen LogP) is 1.59. The van der Waals surface area contributed by atoms with E-state index in [1.165, 1.54) is 6.73 Å². The molecule has 0 aliphatic carbocycles. The summed E-state index contributed by atoms with van der Waals surface area (Å²) >= 11 is 0. The van der Waals surface area contributed by atoms with E-state index in [-0.39, 0.29) is 75.0 Å². The van der Waals surface area contributed by atoms with Gasteiger partial charge in [0.15, 0.2) is 18.1 Å². The summed E-state index contributed by atoms with van der Waals surface area (Å²) in [5.41, 5.74) is 8.16. The van der Waals surface area contributed by atoms with Crippen LogP contribution in [0.25, 0.3) is 22.2 Å². The number of fused-ring (bicyclic) bond motifs is 1. The molecule has 0 amide bonds. The van der Waals surface area contributed by atoms with Crippen molar-refractivity contribution >= 4 is 22.8 Å². The molecule has 12 nitrogen and oxygen atoms in total. The standard InChI is InChI=1S/C30H25N4O7.K.H2O/c1-3-37-29-32-24-10-6-9-23(28(35)38-16-25-18(2)40-30(36)41-25)26(24)34(29)15-19-11-13-20(14-12-19)21-7-4-5-8-22(21)27-31-17-39-33-27;;/h4-14,17H,3,15-16H2,1-2H3,(H,31,33);;1H2/q-1;+1;/p-1. The molecule has 0 unspecified atom stereocenters. The summed E-state index contributed by atoms with van der Waals surface area (Å²) in [5, 5.41) is 0. The van der Waals surface area contributed by atoms with Gasteiger partial charge in [-0.1, -0.05) is 60.2 Å². The molecule has 0 saturated heterocycles. The predicted molar refractivity (Wildman–Crippen MR) is 150 cm³/mol. The number of carbonyl (C=O) groups is 1. The van der Waals surface area contributed by atoms with Crippen LogP contribution < -0.4 is 67.4 Å². The van der Waals surface area contributed by atoms with Crippen LogP contribution in [0.4, 0.5) is 0 Å². The molecular formula is C30H26KN4O8-. The average molecular weight is 610 g/mol. The van der Waals surface area contributed by atoms with Crippen LogP contribution in [0.3, 0.4) is 0 Å². The largest absolute Gasteiger partial charge is 1.00 e. The number of rotatable bonds is 9. The van der Waals surface area contributed by atoms with E-state index in [0.717, 1.165) is 22.3 Å². The Hall–Kier alpha value is -3.69. The molecule has 0 bridgehead atoms. The normalized spacial score (nSPS) is 12.0. The van der Waals surface area contributed by atoms with Gasteiger partial charge in [-0.3, -0.25) is 4.57 Å². The van der Waals surface area contributed by atoms with Gasteiger partial charge in [0.05, 0.1) is 29.7 Å². The van der Waals surface area contributed by atoms with Crippen molar-refractivity contribution in [1.29, 1.82) is 0 Å². The van der Waals surface area contributed by atoms with Crippen molar-refractivity contribution in [3.8, 4) is 17.1 Å². The molecule has 1 aliphatic heterocycles. The summed E-state index contributed by atoms with van der Waals surface area (Å²) in [7, 11) is 0. The van der Waals surface area contributed by atoms with E-state index in [0.29, 0.717) is 41.6 Å². The van der Waals surface area contributed by atoms with Gasteiger partial charge in [0.2, 0.25) is 0 Å². The van der Waals surface area contributed by atoms with Crippen LogP contribution in [-0.4, -0.2) is 33.4 Å². The third kappa shape index (κ3) is 6.78. The minimum absolute atomic E-state index is 0. The molecular weight excluding hydrogens is 583 g/mol. The number of ether oxygens (including phenoxy) is 2. The number of esters is 1. The molecule has 3 heterocycles. The minimum atomic E-state index is -0.846. The summed E-state index contributed by atoms with van der Waals surface area (Å²) in [6.07, 6.45) is 0. The van der Waals surface area contributed by atoms with Gasteiger partial charge in [-0.25, -0.2) is 9.59 Å². The number of nitrogens with zero attached hydrogens (tertiary/aromatic N) is 3. The van der Waals surface area contributed by atoms with E-state index in [9.17, 15) is 9.59 Å². The topological polar surface area (TPSA) is 160 Å². The third-order valence-electron chi connectivity index (χ3n) is 6.57. The maximum absolute atomic E-state index is 13.2. The molecule has 1 aliphatic rings. The van der Waals surface area contributed by atoms with Gasteiger partial charge in [-0.05, 0) is 42.7 Å². The van der Waals surface area contributed by atoms with Crippen molar-refractivity contribution in [3.63, 3.8) is 0 Å². The number of carbonyl (C=O) groups excluding carboxylic acids is 1. The number of aliphatic imine (C=N–C) groups is 1. The minimum Gasteiger partial charge on any atom is -0.870 e. The van der Waals surface area contributed by atoms with E-state index >= 15 is 0 Å². The number of para-hydroxylation sites is 1. The second kappa shape index (κ2) is 14.2. The first-order valence-electron chi connectivity index (χ1n) is 12.9. The number of hydroxylamine groups is 1. The summed E-state index contributed by atoms with van der Waals surface area (Å²) < 4.78 is 23.0. The van der Waals surface area contributed by atoms with Crippen molar-refractivity contribution in [2.75, 3.05) is 6.61 Å². The number of aromatic nitrogens is 2. The van der Waals surface area contributed by atoms with E-state index in [2.05, 4.69) is 15.5 Å². The fourth-order valence-corrected chi connectivity index (χ4v) is 4.66. The molecule has 13 heteroatoms. The van der Waals surface area contributed by atoms with Gasteiger partial charge in [0.1, 0.15) is 0 Å². The van der Waals surface area contributed by atoms with E-state index in [1.807, 2.05) is 66.1 Å². The first-order valence-corrected chi connectivity index (χ1v) is 12.9. The first-order chi connectivity index (χ1) is 20.0. The maximum Gasteiger partial charge on any atom is 1.00 e. The van der Waals surface area contributed by atoms with Crippen molar-refractivity contribution < 1.29 is 84.8 Å². The smallest absolute Gasteiger partial charge is 0.870 e. The molecule has 0 fully saturated rings. The Bertz CT molecular complexity index is 1820. The zero-order valence-corrected chi connectivity index (χ0v) is 26.8. The quantitative estimate of drug-likeness (QED) is 0.148. The molecule has 3 aromatic carbocycles. The van der Waals surface area contributed by atoms with Crippen molar-refractivity contribution in [2.24, 2.45) is 4.99 Å². The van der Waals surface area contributed by atoms with Gasteiger partial charge >= 0.3 is 63.2 Å². The van der Waals surface area contributed by atoms with Crippen LogP contribution in [0.5, 0.6) is 6.01 Å². The Balaban J connectivity index is 0.00000212. The fraction of sp³-hybridized carbons (Fsp3) is 0.167. The van der Waals surface area contributed by atoms with Gasteiger partial charge in [-0.2, -0.15) is 4.98 Å².